The summed E-state index contributed by atoms with van der Waals surface area (Å²) in [4.78, 5) is 7.83. The summed E-state index contributed by atoms with van der Waals surface area (Å²) in [5.74, 6) is -1.78. The molecular formula is C15H9F4N3O. The first kappa shape index (κ1) is 15.0. The van der Waals surface area contributed by atoms with Crippen LogP contribution >= 0.6 is 0 Å². The van der Waals surface area contributed by atoms with E-state index in [1.165, 1.54) is 24.5 Å². The normalized spacial score (nSPS) is 11.0. The van der Waals surface area contributed by atoms with Gasteiger partial charge in [0.2, 0.25) is 0 Å². The Kier molecular flexibility index (Phi) is 3.96. The van der Waals surface area contributed by atoms with Crippen molar-refractivity contribution in [2.24, 2.45) is 0 Å². The molecule has 0 fully saturated rings. The number of nitrogens with zero attached hydrogens (tertiary/aromatic N) is 2. The Hall–Kier alpha value is -2.90. The Labute approximate surface area is 127 Å². The second-order valence-corrected chi connectivity index (χ2v) is 4.51. The van der Waals surface area contributed by atoms with E-state index in [1.54, 1.807) is 6.07 Å². The number of rotatable bonds is 4. The van der Waals surface area contributed by atoms with E-state index in [-0.39, 0.29) is 17.0 Å². The van der Waals surface area contributed by atoms with E-state index in [0.29, 0.717) is 5.39 Å². The summed E-state index contributed by atoms with van der Waals surface area (Å²) in [7, 11) is 0. The zero-order valence-electron chi connectivity index (χ0n) is 11.4. The van der Waals surface area contributed by atoms with Gasteiger partial charge in [-0.2, -0.15) is 8.78 Å². The molecule has 0 aliphatic rings. The van der Waals surface area contributed by atoms with Crippen LogP contribution in [-0.2, 0) is 0 Å². The Bertz CT molecular complexity index is 857. The largest absolute Gasteiger partial charge is 0.432 e. The standard InChI is InChI=1S/C15H9F4N3O/c16-10-3-1-2-9-13(10)20-7-21-14(9)22-8-4-5-12(11(17)6-8)23-15(18)19/h1-7,15H,(H,20,21,22). The molecule has 0 radical (unpaired) electrons. The van der Waals surface area contributed by atoms with Crippen molar-refractivity contribution in [3.8, 4) is 5.75 Å². The van der Waals surface area contributed by atoms with Gasteiger partial charge in [0.25, 0.3) is 0 Å². The molecule has 1 N–H and O–H groups in total. The Morgan fingerprint density at radius 3 is 2.57 bits per heavy atom. The average Bonchev–Trinajstić information content (AvgIpc) is 2.51. The summed E-state index contributed by atoms with van der Waals surface area (Å²) in [6.07, 6.45) is 1.17. The zero-order chi connectivity index (χ0) is 16.4. The van der Waals surface area contributed by atoms with Gasteiger partial charge < -0.3 is 10.1 Å². The molecule has 0 saturated heterocycles. The minimum Gasteiger partial charge on any atom is -0.432 e. The molecule has 0 saturated carbocycles. The molecule has 0 unspecified atom stereocenters. The van der Waals surface area contributed by atoms with Crippen LogP contribution in [-0.4, -0.2) is 16.6 Å². The fourth-order valence-electron chi connectivity index (χ4n) is 2.06. The van der Waals surface area contributed by atoms with Crippen molar-refractivity contribution in [3.63, 3.8) is 0 Å². The van der Waals surface area contributed by atoms with Crippen molar-refractivity contribution >= 4 is 22.4 Å². The molecule has 2 aromatic carbocycles. The number of ether oxygens (including phenoxy) is 1. The van der Waals surface area contributed by atoms with Crippen LogP contribution in [0.2, 0.25) is 0 Å². The lowest BCUT2D eigenvalue weighted by Crippen LogP contribution is -2.04. The van der Waals surface area contributed by atoms with Gasteiger partial charge >= 0.3 is 6.61 Å². The number of benzene rings is 2. The van der Waals surface area contributed by atoms with Crippen LogP contribution in [0.4, 0.5) is 29.1 Å². The van der Waals surface area contributed by atoms with Crippen LogP contribution in [0.15, 0.2) is 42.7 Å². The number of hydrogen-bond acceptors (Lipinski definition) is 4. The van der Waals surface area contributed by atoms with E-state index in [0.717, 1.165) is 12.1 Å². The molecule has 1 heterocycles. The van der Waals surface area contributed by atoms with E-state index in [1.807, 2.05) is 0 Å². The molecule has 0 bridgehead atoms. The molecule has 0 spiro atoms. The Morgan fingerprint density at radius 1 is 1.00 bits per heavy atom. The summed E-state index contributed by atoms with van der Waals surface area (Å²) in [6, 6.07) is 7.74. The molecule has 0 atom stereocenters. The second-order valence-electron chi connectivity index (χ2n) is 4.51. The number of fused-ring (bicyclic) bond motifs is 1. The maximum Gasteiger partial charge on any atom is 0.387 e. The number of alkyl halides is 2. The fourth-order valence-corrected chi connectivity index (χ4v) is 2.06. The average molecular weight is 323 g/mol. The smallest absolute Gasteiger partial charge is 0.387 e. The number of anilines is 2. The molecule has 8 heteroatoms. The van der Waals surface area contributed by atoms with Gasteiger partial charge in [-0.25, -0.2) is 18.7 Å². The van der Waals surface area contributed by atoms with Crippen LogP contribution in [0.25, 0.3) is 10.9 Å². The van der Waals surface area contributed by atoms with Crippen LogP contribution in [0, 0.1) is 11.6 Å². The summed E-state index contributed by atoms with van der Waals surface area (Å²) < 4.78 is 55.6. The molecular weight excluding hydrogens is 314 g/mol. The van der Waals surface area contributed by atoms with Crippen molar-refractivity contribution in [2.75, 3.05) is 5.32 Å². The van der Waals surface area contributed by atoms with Crippen molar-refractivity contribution in [1.29, 1.82) is 0 Å². The predicted molar refractivity (Wildman–Crippen MR) is 75.8 cm³/mol. The van der Waals surface area contributed by atoms with Gasteiger partial charge in [0.05, 0.1) is 0 Å². The number of nitrogens with one attached hydrogen (secondary N) is 1. The van der Waals surface area contributed by atoms with E-state index in [2.05, 4.69) is 20.0 Å². The van der Waals surface area contributed by atoms with Crippen molar-refractivity contribution in [3.05, 3.63) is 54.4 Å². The molecule has 3 rings (SSSR count). The minimum atomic E-state index is -3.11. The Balaban J connectivity index is 1.94. The third-order valence-corrected chi connectivity index (χ3v) is 3.03. The Morgan fingerprint density at radius 2 is 1.83 bits per heavy atom. The molecule has 1 aromatic heterocycles. The van der Waals surface area contributed by atoms with E-state index in [9.17, 15) is 17.6 Å². The van der Waals surface area contributed by atoms with Gasteiger partial charge in [-0.15, -0.1) is 0 Å². The highest BCUT2D eigenvalue weighted by Crippen LogP contribution is 2.27. The van der Waals surface area contributed by atoms with Gasteiger partial charge in [-0.3, -0.25) is 0 Å². The molecule has 23 heavy (non-hydrogen) atoms. The van der Waals surface area contributed by atoms with E-state index >= 15 is 0 Å². The third-order valence-electron chi connectivity index (χ3n) is 3.03. The van der Waals surface area contributed by atoms with Crippen LogP contribution in [0.5, 0.6) is 5.75 Å². The summed E-state index contributed by atoms with van der Waals surface area (Å²) in [5.41, 5.74) is 0.358. The van der Waals surface area contributed by atoms with Gasteiger partial charge in [-0.1, -0.05) is 6.07 Å². The van der Waals surface area contributed by atoms with E-state index in [4.69, 9.17) is 0 Å². The molecule has 0 aliphatic heterocycles. The van der Waals surface area contributed by atoms with Crippen molar-refractivity contribution < 1.29 is 22.3 Å². The van der Waals surface area contributed by atoms with Crippen LogP contribution < -0.4 is 10.1 Å². The molecule has 3 aromatic rings. The van der Waals surface area contributed by atoms with Gasteiger partial charge in [0.15, 0.2) is 11.6 Å². The molecule has 0 aliphatic carbocycles. The zero-order valence-corrected chi connectivity index (χ0v) is 11.4. The highest BCUT2D eigenvalue weighted by molar-refractivity contribution is 5.90. The second kappa shape index (κ2) is 6.07. The topological polar surface area (TPSA) is 47.0 Å². The summed E-state index contributed by atoms with van der Waals surface area (Å²) in [6.45, 7) is -3.11. The molecule has 118 valence electrons. The fraction of sp³-hybridized carbons (Fsp3) is 0.0667. The maximum absolute atomic E-state index is 13.7. The number of aromatic nitrogens is 2. The number of halogens is 4. The first-order valence-electron chi connectivity index (χ1n) is 6.45. The van der Waals surface area contributed by atoms with Gasteiger partial charge in [-0.05, 0) is 24.3 Å². The van der Waals surface area contributed by atoms with Gasteiger partial charge in [0, 0.05) is 17.1 Å². The first-order chi connectivity index (χ1) is 11.0. The SMILES string of the molecule is Fc1cc(Nc2ncnc3c(F)cccc23)ccc1OC(F)F. The van der Waals surface area contributed by atoms with Crippen molar-refractivity contribution in [2.45, 2.75) is 6.61 Å². The quantitative estimate of drug-likeness (QED) is 0.729. The lowest BCUT2D eigenvalue weighted by molar-refractivity contribution is -0.0521. The maximum atomic E-state index is 13.7. The number of hydrogen-bond donors (Lipinski definition) is 1. The van der Waals surface area contributed by atoms with Gasteiger partial charge in [0.1, 0.15) is 23.5 Å². The lowest BCUT2D eigenvalue weighted by Gasteiger charge is -2.10. The van der Waals surface area contributed by atoms with Crippen LogP contribution in [0.1, 0.15) is 0 Å². The first-order valence-corrected chi connectivity index (χ1v) is 6.45. The minimum absolute atomic E-state index is 0.114. The number of para-hydroxylation sites is 1. The molecule has 4 nitrogen and oxygen atoms in total. The van der Waals surface area contributed by atoms with Crippen LogP contribution in [0.3, 0.4) is 0 Å². The molecule has 0 amide bonds. The lowest BCUT2D eigenvalue weighted by atomic mass is 10.2. The van der Waals surface area contributed by atoms with E-state index < -0.39 is 24.0 Å². The third kappa shape index (κ3) is 3.15. The monoisotopic (exact) mass is 323 g/mol. The summed E-state index contributed by atoms with van der Waals surface area (Å²) >= 11 is 0. The predicted octanol–water partition coefficient (Wildman–Crippen LogP) is 4.25. The summed E-state index contributed by atoms with van der Waals surface area (Å²) in [5, 5.41) is 3.20. The highest BCUT2D eigenvalue weighted by Gasteiger charge is 2.12. The van der Waals surface area contributed by atoms with Crippen molar-refractivity contribution in [1.82, 2.24) is 9.97 Å². The highest BCUT2D eigenvalue weighted by atomic mass is 19.3.